The molecule has 0 aromatic heterocycles. The molecular weight excluding hydrogens is 1100 g/mol. The normalized spacial score (nSPS) is 22.9. The quantitative estimate of drug-likeness (QED) is 0.0325. The molecule has 0 spiro atoms. The molecule has 0 radical (unpaired) electrons. The van der Waals surface area contributed by atoms with E-state index in [0.717, 1.165) is 19.3 Å². The molecule has 1 fully saturated rings. The minimum absolute atomic E-state index is 0.0384. The molecule has 1 aliphatic heterocycles. The second-order valence-corrected chi connectivity index (χ2v) is 22.4. The third-order valence-electron chi connectivity index (χ3n) is 14.6. The number of unbranched alkanes of at least 4 members (excludes halogenated alkanes) is 1. The smallest absolute Gasteiger partial charge is 0.245 e. The molecule has 3 unspecified atom stereocenters. The van der Waals surface area contributed by atoms with Crippen LogP contribution in [0.3, 0.4) is 0 Å². The minimum Gasteiger partial charge on any atom is -0.391 e. The van der Waals surface area contributed by atoms with Crippen molar-refractivity contribution in [1.29, 1.82) is 0 Å². The Labute approximate surface area is 499 Å². The maximum absolute atomic E-state index is 14.5. The number of Topliss-reactive ketones (excluding diaryl/α,β-unsaturated/α-hetero) is 1. The number of aliphatic hydroxyl groups is 2. The predicted octanol–water partition coefficient (Wildman–Crippen LogP) is -4.15. The van der Waals surface area contributed by atoms with Gasteiger partial charge in [-0.3, -0.25) is 52.7 Å². The van der Waals surface area contributed by atoms with Crippen LogP contribution in [0, 0.1) is 17.8 Å². The first kappa shape index (κ1) is 74.4. The lowest BCUT2D eigenvalue weighted by atomic mass is 9.94. The van der Waals surface area contributed by atoms with Gasteiger partial charge in [0.25, 0.3) is 0 Å². The van der Waals surface area contributed by atoms with E-state index in [-0.39, 0.29) is 102 Å². The number of benzene rings is 1. The van der Waals surface area contributed by atoms with Gasteiger partial charge in [-0.2, -0.15) is 0 Å². The Morgan fingerprint density at radius 2 is 1.11 bits per heavy atom. The zero-order valence-corrected chi connectivity index (χ0v) is 50.4. The highest BCUT2D eigenvalue weighted by molar-refractivity contribution is 5.99. The highest BCUT2D eigenvalue weighted by atomic mass is 16.3. The van der Waals surface area contributed by atoms with Crippen molar-refractivity contribution in [3.63, 3.8) is 0 Å². The van der Waals surface area contributed by atoms with Crippen molar-refractivity contribution < 1.29 is 63.0 Å². The lowest BCUT2D eigenvalue weighted by Crippen LogP contribution is -2.61. The highest BCUT2D eigenvalue weighted by Gasteiger charge is 2.37. The molecular formula is C57H99N15O13. The van der Waals surface area contributed by atoms with Crippen LogP contribution in [-0.4, -0.2) is 181 Å². The molecule has 28 nitrogen and oxygen atoms in total. The molecule has 480 valence electrons. The fraction of sp³-hybridized carbons (Fsp3) is 0.702. The molecule has 1 heterocycles. The van der Waals surface area contributed by atoms with Gasteiger partial charge in [0.2, 0.25) is 59.1 Å². The van der Waals surface area contributed by atoms with E-state index in [0.29, 0.717) is 17.9 Å². The Morgan fingerprint density at radius 1 is 0.588 bits per heavy atom. The van der Waals surface area contributed by atoms with Crippen molar-refractivity contribution >= 4 is 64.9 Å². The van der Waals surface area contributed by atoms with Crippen molar-refractivity contribution in [2.75, 3.05) is 39.3 Å². The van der Waals surface area contributed by atoms with Gasteiger partial charge >= 0.3 is 0 Å². The number of nitrogens with one attached hydrogen (secondary N) is 10. The average Bonchev–Trinajstić information content (AvgIpc) is 3.67. The molecule has 13 atom stereocenters. The second kappa shape index (κ2) is 39.8. The molecule has 2 rings (SSSR count). The molecule has 10 amide bonds. The molecule has 1 aromatic rings. The molecule has 85 heavy (non-hydrogen) atoms. The van der Waals surface area contributed by atoms with Crippen LogP contribution in [0.15, 0.2) is 30.3 Å². The Kier molecular flexibility index (Phi) is 34.9. The summed E-state index contributed by atoms with van der Waals surface area (Å²) < 4.78 is 0. The fourth-order valence-electron chi connectivity index (χ4n) is 9.38. The van der Waals surface area contributed by atoms with Crippen molar-refractivity contribution in [3.8, 4) is 0 Å². The summed E-state index contributed by atoms with van der Waals surface area (Å²) in [6, 6.07) is -4.95. The Morgan fingerprint density at radius 3 is 1.62 bits per heavy atom. The molecule has 1 aliphatic rings. The van der Waals surface area contributed by atoms with Gasteiger partial charge in [-0.05, 0) is 115 Å². The first-order chi connectivity index (χ1) is 40.3. The molecule has 0 bridgehead atoms. The second-order valence-electron chi connectivity index (χ2n) is 22.4. The van der Waals surface area contributed by atoms with Gasteiger partial charge < -0.3 is 92.0 Å². The van der Waals surface area contributed by atoms with Gasteiger partial charge in [0.15, 0.2) is 0 Å². The van der Waals surface area contributed by atoms with E-state index in [1.165, 1.54) is 13.8 Å². The summed E-state index contributed by atoms with van der Waals surface area (Å²) in [5.74, 6) is -9.94. The summed E-state index contributed by atoms with van der Waals surface area (Å²) in [6.45, 7) is 9.15. The number of hydrogen-bond donors (Lipinski definition) is 17. The summed E-state index contributed by atoms with van der Waals surface area (Å²) in [5.41, 5.74) is 30.0. The van der Waals surface area contributed by atoms with Crippen molar-refractivity contribution in [2.45, 2.75) is 198 Å². The summed E-state index contributed by atoms with van der Waals surface area (Å²) in [5, 5.41) is 47.2. The topological polar surface area (TPSA) is 479 Å². The molecule has 1 aromatic carbocycles. The summed E-state index contributed by atoms with van der Waals surface area (Å²) in [6.07, 6.45) is -0.773. The zero-order valence-electron chi connectivity index (χ0n) is 50.4. The number of aliphatic hydroxyl groups excluding tert-OH is 2. The van der Waals surface area contributed by atoms with Gasteiger partial charge in [-0.25, -0.2) is 0 Å². The Bertz CT molecular complexity index is 2310. The summed E-state index contributed by atoms with van der Waals surface area (Å²) in [7, 11) is 0. The number of carbonyl (C=O) groups excluding carboxylic acids is 11. The van der Waals surface area contributed by atoms with Crippen LogP contribution < -0.4 is 81.8 Å². The Hall–Kier alpha value is -6.69. The van der Waals surface area contributed by atoms with Gasteiger partial charge in [0, 0.05) is 31.7 Å². The van der Waals surface area contributed by atoms with Gasteiger partial charge in [0.1, 0.15) is 60.2 Å². The van der Waals surface area contributed by atoms with Gasteiger partial charge in [0.05, 0.1) is 12.2 Å². The Balaban J connectivity index is 2.67. The van der Waals surface area contributed by atoms with E-state index in [1.807, 2.05) is 0 Å². The third kappa shape index (κ3) is 27.1. The summed E-state index contributed by atoms with van der Waals surface area (Å²) in [4.78, 5) is 154. The molecule has 0 saturated carbocycles. The van der Waals surface area contributed by atoms with E-state index in [1.54, 1.807) is 44.2 Å². The SMILES string of the molecule is CCC(C)CCCCC(=O)C[C@@H](CCN)C(=O)N[C@H](C(=O)N[C@@H](CCN)C(=O)N[C@H]1CCNC(=O)[C@H](C(C)O)NC(=O)[C@H](CCN)NC(=O)[C@H](CCN)NC(=O)[C@H](CC(C)C)NC(=O)[C@@H](Cc2ccccc2)NC(=O)[C@H](CCN)NC1=O)C(C)O. The lowest BCUT2D eigenvalue weighted by Gasteiger charge is -2.29. The zero-order chi connectivity index (χ0) is 63.8. The lowest BCUT2D eigenvalue weighted by molar-refractivity contribution is -0.137. The number of nitrogens with two attached hydrogens (primary N) is 5. The van der Waals surface area contributed by atoms with Crippen molar-refractivity contribution in [1.82, 2.24) is 53.2 Å². The molecule has 22 N–H and O–H groups in total. The number of ketones is 1. The summed E-state index contributed by atoms with van der Waals surface area (Å²) >= 11 is 0. The maximum atomic E-state index is 14.5. The number of amides is 10. The van der Waals surface area contributed by atoms with Crippen LogP contribution in [0.25, 0.3) is 0 Å². The minimum atomic E-state index is -1.68. The van der Waals surface area contributed by atoms with Gasteiger partial charge in [-0.15, -0.1) is 0 Å². The number of hydrogen-bond acceptors (Lipinski definition) is 18. The largest absolute Gasteiger partial charge is 0.391 e. The van der Waals surface area contributed by atoms with E-state index >= 15 is 0 Å². The molecule has 1 saturated heterocycles. The van der Waals surface area contributed by atoms with Crippen LogP contribution in [0.4, 0.5) is 0 Å². The predicted molar refractivity (Wildman–Crippen MR) is 317 cm³/mol. The maximum Gasteiger partial charge on any atom is 0.245 e. The van der Waals surface area contributed by atoms with Crippen LogP contribution >= 0.6 is 0 Å². The third-order valence-corrected chi connectivity index (χ3v) is 14.6. The van der Waals surface area contributed by atoms with Gasteiger partial charge in [-0.1, -0.05) is 77.3 Å². The number of rotatable bonds is 30. The molecule has 28 heteroatoms. The van der Waals surface area contributed by atoms with E-state index < -0.39 is 145 Å². The van der Waals surface area contributed by atoms with Crippen LogP contribution in [0.5, 0.6) is 0 Å². The van der Waals surface area contributed by atoms with E-state index in [4.69, 9.17) is 28.7 Å². The monoisotopic (exact) mass is 1200 g/mol. The van der Waals surface area contributed by atoms with Crippen molar-refractivity contribution in [2.24, 2.45) is 46.4 Å². The highest BCUT2D eigenvalue weighted by Crippen LogP contribution is 2.17. The van der Waals surface area contributed by atoms with Crippen LogP contribution in [0.2, 0.25) is 0 Å². The first-order valence-electron chi connectivity index (χ1n) is 29.8. The molecule has 0 aliphatic carbocycles. The number of carbonyl (C=O) groups is 11. The first-order valence-corrected chi connectivity index (χ1v) is 29.8. The van der Waals surface area contributed by atoms with Crippen molar-refractivity contribution in [3.05, 3.63) is 35.9 Å². The van der Waals surface area contributed by atoms with Crippen LogP contribution in [-0.2, 0) is 59.2 Å². The fourth-order valence-corrected chi connectivity index (χ4v) is 9.38. The standard InChI is InChI=1S/C57H99N15O13/c1-7-33(4)13-11-12-16-38(75)31-37(17-23-58)48(76)71-47(35(6)74)57(85)68-41(20-26-61)50(78)67-43-22-28-63-56(84)46(34(5)73)72-53(81)42(21-27-62)65-49(77)39(18-24-59)66-54(82)44(29-32(2)3)69-55(83)45(30-36-14-9-8-10-15-36)70-51(79)40(19-25-60)64-52(43)80/h8-10,14-15,32-35,37,39-47,73-74H,7,11-13,16-31,58-62H2,1-6H3,(H,63,84)(H,64,80)(H,65,77)(H,66,82)(H,67,78)(H,68,85)(H,69,83)(H,70,79)(H,71,76)(H,72,81)/t33?,34?,35?,37-,39+,40+,41+,42+,43+,44+,45-,46+,47+/m1/s1. The average molecular weight is 1200 g/mol. The van der Waals surface area contributed by atoms with Crippen LogP contribution in [0.1, 0.15) is 131 Å². The van der Waals surface area contributed by atoms with E-state index in [9.17, 15) is 63.0 Å². The van der Waals surface area contributed by atoms with E-state index in [2.05, 4.69) is 67.0 Å².